The Balaban J connectivity index is 2.40. The number of nitrogens with two attached hydrogens (primary N) is 1. The van der Waals surface area contributed by atoms with Gasteiger partial charge in [-0.1, -0.05) is 23.8 Å². The molecule has 0 bridgehead atoms. The highest BCUT2D eigenvalue weighted by atomic mass is 35.5. The van der Waals surface area contributed by atoms with Crippen molar-refractivity contribution in [2.75, 3.05) is 19.5 Å². The van der Waals surface area contributed by atoms with Crippen LogP contribution >= 0.6 is 23.8 Å². The van der Waals surface area contributed by atoms with Crippen molar-refractivity contribution in [3.63, 3.8) is 0 Å². The lowest BCUT2D eigenvalue weighted by molar-refractivity contribution is 0.395. The Bertz CT molecular complexity index is 677. The number of anilines is 2. The maximum atomic E-state index is 5.98. The Hall–Kier alpha value is -1.98. The average molecular weight is 323 g/mol. The zero-order valence-corrected chi connectivity index (χ0v) is 13.2. The smallest absolute Gasteiger partial charge is 0.145 e. The van der Waals surface area contributed by atoms with Crippen LogP contribution < -0.4 is 20.5 Å². The summed E-state index contributed by atoms with van der Waals surface area (Å²) >= 11 is 11.0. The van der Waals surface area contributed by atoms with Crippen LogP contribution in [0, 0.1) is 0 Å². The van der Waals surface area contributed by atoms with Crippen LogP contribution in [0.15, 0.2) is 36.4 Å². The zero-order valence-electron chi connectivity index (χ0n) is 11.6. The number of ether oxygens (including phenoxy) is 2. The molecular weight excluding hydrogens is 308 g/mol. The summed E-state index contributed by atoms with van der Waals surface area (Å²) in [6, 6.07) is 10.8. The summed E-state index contributed by atoms with van der Waals surface area (Å²) in [5.41, 5.74) is 7.95. The molecule has 0 unspecified atom stereocenters. The predicted molar refractivity (Wildman–Crippen MR) is 90.2 cm³/mol. The number of rotatable bonds is 5. The molecule has 0 saturated heterocycles. The third-order valence-corrected chi connectivity index (χ3v) is 3.38. The highest BCUT2D eigenvalue weighted by Gasteiger charge is 2.10. The fraction of sp³-hybridized carbons (Fsp3) is 0.133. The molecule has 0 amide bonds. The molecular formula is C15H15ClN2O2S. The van der Waals surface area contributed by atoms with E-state index in [1.807, 2.05) is 18.2 Å². The molecule has 0 spiro atoms. The van der Waals surface area contributed by atoms with E-state index < -0.39 is 0 Å². The molecule has 4 nitrogen and oxygen atoms in total. The van der Waals surface area contributed by atoms with Crippen molar-refractivity contribution >= 4 is 40.2 Å². The summed E-state index contributed by atoms with van der Waals surface area (Å²) in [7, 11) is 3.20. The lowest BCUT2D eigenvalue weighted by atomic mass is 10.1. The van der Waals surface area contributed by atoms with Gasteiger partial charge >= 0.3 is 0 Å². The Labute approximate surface area is 133 Å². The first kappa shape index (κ1) is 15.4. The van der Waals surface area contributed by atoms with Crippen molar-refractivity contribution in [3.8, 4) is 11.5 Å². The molecule has 0 aromatic heterocycles. The molecule has 0 fully saturated rings. The third kappa shape index (κ3) is 3.56. The van der Waals surface area contributed by atoms with E-state index >= 15 is 0 Å². The minimum absolute atomic E-state index is 0.271. The summed E-state index contributed by atoms with van der Waals surface area (Å²) in [5, 5.41) is 3.82. The SMILES string of the molecule is COc1ccc(Nc2ccc(Cl)cc2C(N)=S)c(OC)c1. The minimum Gasteiger partial charge on any atom is -0.497 e. The lowest BCUT2D eigenvalue weighted by Crippen LogP contribution is -2.12. The summed E-state index contributed by atoms with van der Waals surface area (Å²) in [6.45, 7) is 0. The fourth-order valence-corrected chi connectivity index (χ4v) is 2.22. The van der Waals surface area contributed by atoms with Crippen LogP contribution in [0.4, 0.5) is 11.4 Å². The van der Waals surface area contributed by atoms with E-state index in [4.69, 9.17) is 39.0 Å². The fourth-order valence-electron chi connectivity index (χ4n) is 1.88. The van der Waals surface area contributed by atoms with Crippen LogP contribution in [-0.2, 0) is 0 Å². The van der Waals surface area contributed by atoms with Crippen LogP contribution in [0.1, 0.15) is 5.56 Å². The van der Waals surface area contributed by atoms with E-state index in [1.54, 1.807) is 32.4 Å². The van der Waals surface area contributed by atoms with E-state index in [0.29, 0.717) is 22.1 Å². The molecule has 0 aliphatic carbocycles. The minimum atomic E-state index is 0.271. The van der Waals surface area contributed by atoms with Crippen LogP contribution in [-0.4, -0.2) is 19.2 Å². The van der Waals surface area contributed by atoms with Crippen molar-refractivity contribution in [1.82, 2.24) is 0 Å². The standard InChI is InChI=1S/C15H15ClN2O2S/c1-19-10-4-6-13(14(8-10)20-2)18-12-5-3-9(16)7-11(12)15(17)21/h3-8,18H,1-2H3,(H2,17,21). The highest BCUT2D eigenvalue weighted by Crippen LogP contribution is 2.33. The molecule has 2 aromatic rings. The van der Waals surface area contributed by atoms with E-state index in [9.17, 15) is 0 Å². The van der Waals surface area contributed by atoms with Crippen LogP contribution in [0.25, 0.3) is 0 Å². The van der Waals surface area contributed by atoms with Gasteiger partial charge in [-0.25, -0.2) is 0 Å². The molecule has 110 valence electrons. The number of hydrogen-bond donors (Lipinski definition) is 2. The number of methoxy groups -OCH3 is 2. The topological polar surface area (TPSA) is 56.5 Å². The second kappa shape index (κ2) is 6.65. The zero-order chi connectivity index (χ0) is 15.4. The van der Waals surface area contributed by atoms with Gasteiger partial charge in [0.2, 0.25) is 0 Å². The Morgan fingerprint density at radius 3 is 2.43 bits per heavy atom. The third-order valence-electron chi connectivity index (χ3n) is 2.93. The van der Waals surface area contributed by atoms with Gasteiger partial charge in [-0.15, -0.1) is 0 Å². The van der Waals surface area contributed by atoms with Crippen LogP contribution in [0.2, 0.25) is 5.02 Å². The molecule has 21 heavy (non-hydrogen) atoms. The molecule has 0 atom stereocenters. The molecule has 0 aliphatic heterocycles. The molecule has 6 heteroatoms. The summed E-state index contributed by atoms with van der Waals surface area (Å²) in [6.07, 6.45) is 0. The van der Waals surface area contributed by atoms with Gasteiger partial charge in [0.15, 0.2) is 0 Å². The number of halogens is 1. The summed E-state index contributed by atoms with van der Waals surface area (Å²) < 4.78 is 10.5. The lowest BCUT2D eigenvalue weighted by Gasteiger charge is -2.15. The van der Waals surface area contributed by atoms with Gasteiger partial charge in [0.25, 0.3) is 0 Å². The first-order valence-corrected chi connectivity index (χ1v) is 6.92. The molecule has 0 radical (unpaired) electrons. The summed E-state index contributed by atoms with van der Waals surface area (Å²) in [4.78, 5) is 0.271. The maximum Gasteiger partial charge on any atom is 0.145 e. The number of hydrogen-bond acceptors (Lipinski definition) is 4. The average Bonchev–Trinajstić information content (AvgIpc) is 2.49. The Morgan fingerprint density at radius 2 is 1.81 bits per heavy atom. The molecule has 0 saturated carbocycles. The second-order valence-electron chi connectivity index (χ2n) is 4.25. The van der Waals surface area contributed by atoms with Crippen LogP contribution in [0.5, 0.6) is 11.5 Å². The van der Waals surface area contributed by atoms with Crippen molar-refractivity contribution in [2.24, 2.45) is 5.73 Å². The van der Waals surface area contributed by atoms with E-state index in [1.165, 1.54) is 0 Å². The van der Waals surface area contributed by atoms with Crippen molar-refractivity contribution in [1.29, 1.82) is 0 Å². The second-order valence-corrected chi connectivity index (χ2v) is 5.12. The van der Waals surface area contributed by atoms with Crippen molar-refractivity contribution in [3.05, 3.63) is 47.0 Å². The van der Waals surface area contributed by atoms with E-state index in [0.717, 1.165) is 11.4 Å². The molecule has 2 rings (SSSR count). The quantitative estimate of drug-likeness (QED) is 0.821. The number of benzene rings is 2. The molecule has 3 N–H and O–H groups in total. The van der Waals surface area contributed by atoms with Gasteiger partial charge in [0.05, 0.1) is 19.9 Å². The monoisotopic (exact) mass is 322 g/mol. The number of nitrogens with one attached hydrogen (secondary N) is 1. The van der Waals surface area contributed by atoms with E-state index in [2.05, 4.69) is 5.32 Å². The van der Waals surface area contributed by atoms with Gasteiger partial charge in [0, 0.05) is 22.3 Å². The number of thiocarbonyl (C=S) groups is 1. The van der Waals surface area contributed by atoms with Gasteiger partial charge in [0.1, 0.15) is 16.5 Å². The van der Waals surface area contributed by atoms with Crippen molar-refractivity contribution < 1.29 is 9.47 Å². The molecule has 2 aromatic carbocycles. The van der Waals surface area contributed by atoms with Crippen LogP contribution in [0.3, 0.4) is 0 Å². The maximum absolute atomic E-state index is 5.98. The normalized spacial score (nSPS) is 10.0. The van der Waals surface area contributed by atoms with Crippen molar-refractivity contribution in [2.45, 2.75) is 0 Å². The Morgan fingerprint density at radius 1 is 1.10 bits per heavy atom. The largest absolute Gasteiger partial charge is 0.497 e. The van der Waals surface area contributed by atoms with Gasteiger partial charge in [-0.2, -0.15) is 0 Å². The highest BCUT2D eigenvalue weighted by molar-refractivity contribution is 7.80. The summed E-state index contributed by atoms with van der Waals surface area (Å²) in [5.74, 6) is 1.36. The van der Waals surface area contributed by atoms with E-state index in [-0.39, 0.29) is 4.99 Å². The molecule has 0 aliphatic rings. The Kier molecular flexibility index (Phi) is 4.88. The first-order valence-electron chi connectivity index (χ1n) is 6.13. The predicted octanol–water partition coefficient (Wildman–Crippen LogP) is 3.74. The van der Waals surface area contributed by atoms with Gasteiger partial charge < -0.3 is 20.5 Å². The van der Waals surface area contributed by atoms with Gasteiger partial charge in [-0.05, 0) is 30.3 Å². The van der Waals surface area contributed by atoms with Gasteiger partial charge in [-0.3, -0.25) is 0 Å². The first-order chi connectivity index (χ1) is 10.0. The molecule has 0 heterocycles.